The van der Waals surface area contributed by atoms with Crippen molar-refractivity contribution in [2.45, 2.75) is 25.3 Å². The molecule has 0 saturated carbocycles. The molecule has 0 amide bonds. The van der Waals surface area contributed by atoms with E-state index >= 15 is 8.78 Å². The predicted octanol–water partition coefficient (Wildman–Crippen LogP) is 6.32. The highest BCUT2D eigenvalue weighted by Crippen LogP contribution is 2.38. The summed E-state index contributed by atoms with van der Waals surface area (Å²) in [5.41, 5.74) is 2.78. The first-order chi connectivity index (χ1) is 18.6. The van der Waals surface area contributed by atoms with Crippen molar-refractivity contribution in [2.75, 3.05) is 24.5 Å². The van der Waals surface area contributed by atoms with Gasteiger partial charge in [-0.05, 0) is 76.3 Å². The minimum Gasteiger partial charge on any atom is -0.366 e. The van der Waals surface area contributed by atoms with Gasteiger partial charge in [0.05, 0.1) is 0 Å². The van der Waals surface area contributed by atoms with Gasteiger partial charge in [-0.1, -0.05) is 48.5 Å². The third-order valence-corrected chi connectivity index (χ3v) is 8.58. The number of benzene rings is 3. The van der Waals surface area contributed by atoms with Crippen molar-refractivity contribution in [3.8, 4) is 11.4 Å². The summed E-state index contributed by atoms with van der Waals surface area (Å²) >= 11 is 1.77. The van der Waals surface area contributed by atoms with Crippen LogP contribution in [0.15, 0.2) is 72.1 Å². The maximum absolute atomic E-state index is 15.3. The number of piperidine rings is 1. The molecule has 194 valence electrons. The van der Waals surface area contributed by atoms with Gasteiger partial charge in [0, 0.05) is 35.3 Å². The lowest BCUT2D eigenvalue weighted by molar-refractivity contribution is 0.322. The number of fused-ring (bicyclic) bond motifs is 1. The molecule has 3 heterocycles. The van der Waals surface area contributed by atoms with E-state index in [9.17, 15) is 0 Å². The Balaban J connectivity index is 1.22. The quantitative estimate of drug-likeness (QED) is 0.258. The van der Waals surface area contributed by atoms with Crippen molar-refractivity contribution in [3.63, 3.8) is 0 Å². The van der Waals surface area contributed by atoms with Crippen molar-refractivity contribution in [3.05, 3.63) is 94.9 Å². The predicted molar refractivity (Wildman–Crippen MR) is 147 cm³/mol. The molecule has 1 aliphatic rings. The molecule has 0 aliphatic carbocycles. The van der Waals surface area contributed by atoms with Crippen molar-refractivity contribution in [1.82, 2.24) is 25.9 Å². The number of hydrogen-bond acceptors (Lipinski definition) is 6. The molecule has 1 fully saturated rings. The molecule has 6 rings (SSSR count). The molecule has 3 atom stereocenters. The third-order valence-electron chi connectivity index (χ3n) is 7.60. The van der Waals surface area contributed by atoms with Gasteiger partial charge in [0.1, 0.15) is 17.3 Å². The van der Waals surface area contributed by atoms with E-state index in [1.807, 2.05) is 23.1 Å². The van der Waals surface area contributed by atoms with Gasteiger partial charge < -0.3 is 10.2 Å². The molecule has 1 aliphatic heterocycles. The van der Waals surface area contributed by atoms with E-state index in [4.69, 9.17) is 0 Å². The highest BCUT2D eigenvalue weighted by Gasteiger charge is 2.33. The number of nitrogens with one attached hydrogen (secondary N) is 2. The lowest BCUT2D eigenvalue weighted by atomic mass is 9.80. The van der Waals surface area contributed by atoms with Gasteiger partial charge in [-0.3, -0.25) is 0 Å². The average Bonchev–Trinajstić information content (AvgIpc) is 3.63. The van der Waals surface area contributed by atoms with Crippen LogP contribution in [-0.4, -0.2) is 40.3 Å². The number of halogens is 2. The smallest absolute Gasteiger partial charge is 0.179 e. The maximum atomic E-state index is 15.3. The summed E-state index contributed by atoms with van der Waals surface area (Å²) in [6.07, 6.45) is 0.816. The summed E-state index contributed by atoms with van der Waals surface area (Å²) in [4.78, 5) is 1.84. The van der Waals surface area contributed by atoms with Crippen LogP contribution in [0.2, 0.25) is 0 Å². The van der Waals surface area contributed by atoms with Gasteiger partial charge in [-0.15, -0.1) is 16.4 Å². The third kappa shape index (κ3) is 4.79. The normalized spacial score (nSPS) is 18.7. The SMILES string of the molecule is C[C@@H](NCC1CCN(c2c(F)cc(-c3nnn[nH]3)cc2F)CC1c1ccccc1)c1csc2ccccc12. The lowest BCUT2D eigenvalue weighted by Gasteiger charge is -2.41. The molecule has 2 aromatic heterocycles. The van der Waals surface area contributed by atoms with E-state index in [1.54, 1.807) is 11.3 Å². The molecular weight excluding hydrogens is 502 g/mol. The molecule has 1 saturated heterocycles. The monoisotopic (exact) mass is 530 g/mol. The molecular formula is C29H28F2N6S. The molecule has 5 aromatic rings. The summed E-state index contributed by atoms with van der Waals surface area (Å²) in [5.74, 6) is -0.545. The maximum Gasteiger partial charge on any atom is 0.179 e. The average molecular weight is 531 g/mol. The zero-order valence-corrected chi connectivity index (χ0v) is 21.8. The number of aromatic nitrogens is 4. The van der Waals surface area contributed by atoms with E-state index in [2.05, 4.69) is 74.6 Å². The minimum atomic E-state index is -0.613. The number of aromatic amines is 1. The fourth-order valence-electron chi connectivity index (χ4n) is 5.58. The van der Waals surface area contributed by atoms with Gasteiger partial charge in [-0.2, -0.15) is 0 Å². The first-order valence-corrected chi connectivity index (χ1v) is 13.7. The molecule has 0 spiro atoms. The van der Waals surface area contributed by atoms with Crippen LogP contribution < -0.4 is 10.2 Å². The number of anilines is 1. The second-order valence-corrected chi connectivity index (χ2v) is 10.8. The van der Waals surface area contributed by atoms with E-state index in [0.717, 1.165) is 13.0 Å². The Bertz CT molecular complexity index is 1500. The number of rotatable bonds is 7. The fraction of sp³-hybridized carbons (Fsp3) is 0.276. The minimum absolute atomic E-state index is 0.00618. The molecule has 9 heteroatoms. The number of thiophene rings is 1. The Labute approximate surface area is 223 Å². The van der Waals surface area contributed by atoms with Crippen LogP contribution in [0.3, 0.4) is 0 Å². The second kappa shape index (κ2) is 10.6. The van der Waals surface area contributed by atoms with Gasteiger partial charge in [-0.25, -0.2) is 13.9 Å². The number of hydrogen-bond donors (Lipinski definition) is 2. The Hall–Kier alpha value is -3.69. The van der Waals surface area contributed by atoms with Gasteiger partial charge in [0.15, 0.2) is 5.82 Å². The molecule has 2 N–H and O–H groups in total. The Morgan fingerprint density at radius 1 is 1.08 bits per heavy atom. The zero-order valence-electron chi connectivity index (χ0n) is 20.9. The second-order valence-electron chi connectivity index (χ2n) is 9.87. The summed E-state index contributed by atoms with van der Waals surface area (Å²) in [7, 11) is 0. The Morgan fingerprint density at radius 2 is 1.84 bits per heavy atom. The highest BCUT2D eigenvalue weighted by molar-refractivity contribution is 7.17. The van der Waals surface area contributed by atoms with Crippen molar-refractivity contribution >= 4 is 27.1 Å². The first-order valence-electron chi connectivity index (χ1n) is 12.8. The topological polar surface area (TPSA) is 69.7 Å². The molecule has 3 aromatic carbocycles. The molecule has 0 bridgehead atoms. The van der Waals surface area contributed by atoms with Gasteiger partial charge in [0.25, 0.3) is 0 Å². The van der Waals surface area contributed by atoms with Crippen LogP contribution in [0.1, 0.15) is 36.4 Å². The van der Waals surface area contributed by atoms with Gasteiger partial charge >= 0.3 is 0 Å². The van der Waals surface area contributed by atoms with E-state index < -0.39 is 11.6 Å². The Morgan fingerprint density at radius 3 is 2.61 bits per heavy atom. The van der Waals surface area contributed by atoms with Crippen molar-refractivity contribution in [1.29, 1.82) is 0 Å². The van der Waals surface area contributed by atoms with Crippen LogP contribution in [0.25, 0.3) is 21.5 Å². The van der Waals surface area contributed by atoms with Crippen molar-refractivity contribution in [2.24, 2.45) is 5.92 Å². The van der Waals surface area contributed by atoms with Crippen molar-refractivity contribution < 1.29 is 8.78 Å². The number of tetrazole rings is 1. The van der Waals surface area contributed by atoms with Crippen LogP contribution in [-0.2, 0) is 0 Å². The standard InChI is InChI=1S/C29H28F2N6S/c1-18(24-17-38-27-10-6-5-9-22(24)27)32-15-20-11-12-37(16-23(20)19-7-3-2-4-8-19)28-25(30)13-21(14-26(28)31)29-33-35-36-34-29/h2-10,13-14,17-18,20,23,32H,11-12,15-16H2,1H3,(H,33,34,35,36)/t18-,20?,23?/m1/s1. The molecule has 2 unspecified atom stereocenters. The summed E-state index contributed by atoms with van der Waals surface area (Å²) in [6.45, 7) is 4.13. The molecule has 6 nitrogen and oxygen atoms in total. The summed E-state index contributed by atoms with van der Waals surface area (Å²) in [6, 6.07) is 21.6. The van der Waals surface area contributed by atoms with Crippen LogP contribution >= 0.6 is 11.3 Å². The van der Waals surface area contributed by atoms with E-state index in [1.165, 1.54) is 33.3 Å². The van der Waals surface area contributed by atoms with Crippen LogP contribution in [0.4, 0.5) is 14.5 Å². The molecule has 0 radical (unpaired) electrons. The van der Waals surface area contributed by atoms with Crippen LogP contribution in [0.5, 0.6) is 0 Å². The largest absolute Gasteiger partial charge is 0.366 e. The highest BCUT2D eigenvalue weighted by atomic mass is 32.1. The van der Waals surface area contributed by atoms with Crippen LogP contribution in [0, 0.1) is 17.6 Å². The summed E-state index contributed by atoms with van der Waals surface area (Å²) < 4.78 is 31.8. The Kier molecular flexibility index (Phi) is 6.86. The lowest BCUT2D eigenvalue weighted by Crippen LogP contribution is -2.43. The first kappa shape index (κ1) is 24.6. The zero-order chi connectivity index (χ0) is 26.1. The number of nitrogens with zero attached hydrogens (tertiary/aromatic N) is 4. The van der Waals surface area contributed by atoms with E-state index in [-0.39, 0.29) is 29.0 Å². The molecule has 38 heavy (non-hydrogen) atoms. The number of H-pyrrole nitrogens is 1. The fourth-order valence-corrected chi connectivity index (χ4v) is 6.64. The van der Waals surface area contributed by atoms with Gasteiger partial charge in [0.2, 0.25) is 0 Å². The van der Waals surface area contributed by atoms with E-state index in [0.29, 0.717) is 19.0 Å². The summed E-state index contributed by atoms with van der Waals surface area (Å²) in [5, 5.41) is 20.6.